The number of hydrogen-bond acceptors (Lipinski definition) is 11. The molecule has 5 aromatic rings. The summed E-state index contributed by atoms with van der Waals surface area (Å²) < 4.78 is 13.8. The van der Waals surface area contributed by atoms with E-state index < -0.39 is 35.6 Å². The van der Waals surface area contributed by atoms with Gasteiger partial charge in [0.25, 0.3) is 17.7 Å². The number of carbonyl (C=O) groups is 6. The fraction of sp³-hybridized carbons (Fsp3) is 0.326. The second-order valence-electron chi connectivity index (χ2n) is 15.0. The lowest BCUT2D eigenvalue weighted by Gasteiger charge is -2.30. The van der Waals surface area contributed by atoms with Gasteiger partial charge in [0.15, 0.2) is 0 Å². The third-order valence-corrected chi connectivity index (χ3v) is 11.5. The molecule has 2 N–H and O–H groups in total. The van der Waals surface area contributed by atoms with Crippen molar-refractivity contribution in [2.75, 3.05) is 32.9 Å². The zero-order chi connectivity index (χ0) is 40.8. The number of aromatic nitrogens is 4. The van der Waals surface area contributed by atoms with Crippen molar-refractivity contribution in [2.24, 2.45) is 0 Å². The van der Waals surface area contributed by atoms with E-state index in [2.05, 4.69) is 26.3 Å². The molecule has 2 fully saturated rings. The lowest BCUT2D eigenvalue weighted by Crippen LogP contribution is -2.54. The van der Waals surface area contributed by atoms with Gasteiger partial charge in [0.2, 0.25) is 17.7 Å². The van der Waals surface area contributed by atoms with Crippen LogP contribution in [0.5, 0.6) is 5.75 Å². The van der Waals surface area contributed by atoms with Crippen molar-refractivity contribution < 1.29 is 38.2 Å². The maximum absolute atomic E-state index is 13.3. The number of benzene rings is 2. The number of nitrogens with one attached hydrogen (secondary N) is 2. The maximum Gasteiger partial charge on any atom is 0.269 e. The molecule has 300 valence electrons. The number of piperidine rings is 1. The van der Waals surface area contributed by atoms with Crippen molar-refractivity contribution in [2.45, 2.75) is 57.7 Å². The van der Waals surface area contributed by atoms with E-state index in [0.29, 0.717) is 44.5 Å². The number of ether oxygens (including phenoxy) is 2. The van der Waals surface area contributed by atoms with E-state index in [9.17, 15) is 28.8 Å². The van der Waals surface area contributed by atoms with Crippen LogP contribution in [0.3, 0.4) is 0 Å². The molecule has 0 radical (unpaired) electrons. The fourth-order valence-corrected chi connectivity index (χ4v) is 8.38. The molecule has 4 aliphatic rings. The van der Waals surface area contributed by atoms with Crippen LogP contribution >= 0.6 is 0 Å². The summed E-state index contributed by atoms with van der Waals surface area (Å²) in [7, 11) is 0. The largest absolute Gasteiger partial charge is 0.491 e. The van der Waals surface area contributed by atoms with Gasteiger partial charge in [-0.25, -0.2) is 4.98 Å². The SMILES string of the molecule is CC(=O)N1CCn2c(C3CCOCC3)nc(-c3cccc4cc(-c5ccc(C(=O)NCCOc6cccc7c6C(=O)N(C6CCC(=O)NC6=O)C7=O)nc5)ncc34)c2C1. The first-order valence-corrected chi connectivity index (χ1v) is 19.7. The zero-order valence-electron chi connectivity index (χ0n) is 32.2. The summed E-state index contributed by atoms with van der Waals surface area (Å²) in [5, 5.41) is 6.84. The average molecular weight is 797 g/mol. The van der Waals surface area contributed by atoms with Crippen LogP contribution in [0.25, 0.3) is 33.3 Å². The topological polar surface area (TPSA) is 195 Å². The third kappa shape index (κ3) is 6.98. The zero-order valence-corrected chi connectivity index (χ0v) is 32.2. The lowest BCUT2D eigenvalue weighted by atomic mass is 9.99. The highest BCUT2D eigenvalue weighted by atomic mass is 16.5. The molecule has 2 aromatic carbocycles. The van der Waals surface area contributed by atoms with Gasteiger partial charge in [-0.05, 0) is 55.0 Å². The molecule has 0 saturated carbocycles. The Kier molecular flexibility index (Phi) is 9.92. The second kappa shape index (κ2) is 15.5. The standard InChI is InChI=1S/C43H40N8O8/c1-24(52)49-15-16-50-34(23-49)38(48-39(50)25-12-17-58-18-13-25)28-5-2-4-26-20-32(46-22-30(26)28)27-8-9-31(45-21-27)40(54)44-14-19-59-35-7-3-6-29-37(35)43(57)51(42(29)56)33-10-11-36(53)47-41(33)55/h2-9,20-22,25,33H,10-19,23H2,1H3,(H,44,54)(H,47,53,55). The number of fused-ring (bicyclic) bond motifs is 3. The van der Waals surface area contributed by atoms with E-state index in [1.165, 1.54) is 6.07 Å². The molecule has 1 atom stereocenters. The first kappa shape index (κ1) is 37.7. The minimum Gasteiger partial charge on any atom is -0.491 e. The Balaban J connectivity index is 0.866. The molecule has 59 heavy (non-hydrogen) atoms. The molecule has 2 saturated heterocycles. The van der Waals surface area contributed by atoms with E-state index in [1.54, 1.807) is 37.4 Å². The van der Waals surface area contributed by atoms with Crippen molar-refractivity contribution in [1.82, 2.24) is 40.0 Å². The molecule has 1 unspecified atom stereocenters. The molecule has 0 spiro atoms. The van der Waals surface area contributed by atoms with Gasteiger partial charge in [-0.15, -0.1) is 0 Å². The highest BCUT2D eigenvalue weighted by Gasteiger charge is 2.46. The highest BCUT2D eigenvalue weighted by molar-refractivity contribution is 6.24. The van der Waals surface area contributed by atoms with Crippen molar-refractivity contribution in [3.05, 3.63) is 95.3 Å². The minimum absolute atomic E-state index is 0.0171. The van der Waals surface area contributed by atoms with E-state index in [4.69, 9.17) is 19.4 Å². The first-order valence-electron chi connectivity index (χ1n) is 19.7. The molecule has 6 amide bonds. The van der Waals surface area contributed by atoms with Crippen LogP contribution in [0.15, 0.2) is 67.0 Å². The summed E-state index contributed by atoms with van der Waals surface area (Å²) in [5.74, 6) is -1.36. The van der Waals surface area contributed by atoms with Crippen molar-refractivity contribution in [1.29, 1.82) is 0 Å². The summed E-state index contributed by atoms with van der Waals surface area (Å²) in [4.78, 5) is 93.1. The van der Waals surface area contributed by atoms with Crippen LogP contribution in [-0.4, -0.2) is 104 Å². The normalized spacial score (nSPS) is 18.2. The Labute approximate surface area is 337 Å². The molecule has 4 aliphatic heterocycles. The Morgan fingerprint density at radius 3 is 2.53 bits per heavy atom. The predicted molar refractivity (Wildman–Crippen MR) is 211 cm³/mol. The molecule has 16 nitrogen and oxygen atoms in total. The summed E-state index contributed by atoms with van der Waals surface area (Å²) in [6, 6.07) is 15.0. The Bertz CT molecular complexity index is 2560. The summed E-state index contributed by atoms with van der Waals surface area (Å²) >= 11 is 0. The van der Waals surface area contributed by atoms with Crippen LogP contribution in [0.1, 0.15) is 81.2 Å². The number of nitrogens with zero attached hydrogens (tertiary/aromatic N) is 6. The van der Waals surface area contributed by atoms with Gasteiger partial charge in [-0.1, -0.05) is 24.3 Å². The number of imidazole rings is 1. The minimum atomic E-state index is -1.09. The number of imide groups is 2. The Hall–Kier alpha value is -6.81. The second-order valence-corrected chi connectivity index (χ2v) is 15.0. The van der Waals surface area contributed by atoms with Gasteiger partial charge < -0.3 is 24.3 Å². The lowest BCUT2D eigenvalue weighted by molar-refractivity contribution is -0.136. The van der Waals surface area contributed by atoms with Crippen LogP contribution in [0.2, 0.25) is 0 Å². The predicted octanol–water partition coefficient (Wildman–Crippen LogP) is 3.63. The molecule has 9 rings (SSSR count). The summed E-state index contributed by atoms with van der Waals surface area (Å²) in [5.41, 5.74) is 4.57. The number of amides is 6. The van der Waals surface area contributed by atoms with Crippen LogP contribution in [0, 0.1) is 0 Å². The number of pyridine rings is 2. The van der Waals surface area contributed by atoms with E-state index in [0.717, 1.165) is 56.9 Å². The van der Waals surface area contributed by atoms with Gasteiger partial charge in [0, 0.05) is 74.5 Å². The van der Waals surface area contributed by atoms with E-state index in [-0.39, 0.29) is 54.5 Å². The third-order valence-electron chi connectivity index (χ3n) is 11.5. The van der Waals surface area contributed by atoms with Crippen LogP contribution in [0.4, 0.5) is 0 Å². The van der Waals surface area contributed by atoms with Gasteiger partial charge in [-0.2, -0.15) is 0 Å². The van der Waals surface area contributed by atoms with Crippen LogP contribution in [-0.2, 0) is 32.2 Å². The monoisotopic (exact) mass is 796 g/mol. The van der Waals surface area contributed by atoms with Crippen molar-refractivity contribution in [3.8, 4) is 28.3 Å². The van der Waals surface area contributed by atoms with Gasteiger partial charge in [0.05, 0.1) is 41.3 Å². The molecule has 7 heterocycles. The molecular weight excluding hydrogens is 757 g/mol. The van der Waals surface area contributed by atoms with E-state index in [1.807, 2.05) is 29.3 Å². The highest BCUT2D eigenvalue weighted by Crippen LogP contribution is 2.38. The number of carbonyl (C=O) groups excluding carboxylic acids is 6. The van der Waals surface area contributed by atoms with Gasteiger partial charge >= 0.3 is 0 Å². The first-order chi connectivity index (χ1) is 28.7. The molecule has 16 heteroatoms. The van der Waals surface area contributed by atoms with E-state index >= 15 is 0 Å². The van der Waals surface area contributed by atoms with Gasteiger partial charge in [-0.3, -0.25) is 49.0 Å². The van der Waals surface area contributed by atoms with Crippen molar-refractivity contribution in [3.63, 3.8) is 0 Å². The molecule has 0 bridgehead atoms. The molecule has 3 aromatic heterocycles. The average Bonchev–Trinajstić information content (AvgIpc) is 3.76. The Morgan fingerprint density at radius 1 is 0.932 bits per heavy atom. The molecular formula is C43H40N8O8. The smallest absolute Gasteiger partial charge is 0.269 e. The van der Waals surface area contributed by atoms with Gasteiger partial charge in [0.1, 0.15) is 29.9 Å². The fourth-order valence-electron chi connectivity index (χ4n) is 8.38. The number of rotatable bonds is 9. The Morgan fingerprint density at radius 2 is 1.75 bits per heavy atom. The van der Waals surface area contributed by atoms with Crippen LogP contribution < -0.4 is 15.4 Å². The summed E-state index contributed by atoms with van der Waals surface area (Å²) in [6.07, 6.45) is 5.32. The summed E-state index contributed by atoms with van der Waals surface area (Å²) in [6.45, 7) is 4.92. The van der Waals surface area contributed by atoms with Crippen molar-refractivity contribution >= 4 is 46.2 Å². The molecule has 0 aliphatic carbocycles. The maximum atomic E-state index is 13.3. The quantitative estimate of drug-likeness (QED) is 0.163. The number of hydrogen-bond donors (Lipinski definition) is 2.